The Kier molecular flexibility index (Phi) is 20.2. The Bertz CT molecular complexity index is 566. The van der Waals surface area contributed by atoms with Gasteiger partial charge in [0.05, 0.1) is 39.6 Å². The van der Waals surface area contributed by atoms with Crippen molar-refractivity contribution in [2.75, 3.05) is 78.9 Å². The van der Waals surface area contributed by atoms with Gasteiger partial charge in [-0.15, -0.1) is 0 Å². The smallest absolute Gasteiger partial charge is 0.331 e. The maximum Gasteiger partial charge on any atom is 0.331 e. The Morgan fingerprint density at radius 1 is 0.500 bits per heavy atom. The first kappa shape index (κ1) is 32.7. The summed E-state index contributed by atoms with van der Waals surface area (Å²) in [5, 5.41) is 0. The van der Waals surface area contributed by atoms with Gasteiger partial charge in [0.2, 0.25) is 0 Å². The second kappa shape index (κ2) is 23.4. The minimum absolute atomic E-state index is 0.405. The molecule has 0 aliphatic carbocycles. The molecule has 2 aliphatic rings. The number of hydrogen-bond donors (Lipinski definition) is 0. The van der Waals surface area contributed by atoms with Crippen molar-refractivity contribution < 1.29 is 28.5 Å². The highest BCUT2D eigenvalue weighted by Gasteiger charge is 2.10. The molecule has 0 aromatic carbocycles. The fourth-order valence-corrected chi connectivity index (χ4v) is 4.87. The van der Waals surface area contributed by atoms with Crippen LogP contribution in [0.5, 0.6) is 0 Å². The molecule has 2 rings (SSSR count). The summed E-state index contributed by atoms with van der Waals surface area (Å²) < 4.78 is 21.1. The Hall–Kier alpha value is -1.48. The molecule has 0 amide bonds. The van der Waals surface area contributed by atoms with E-state index in [9.17, 15) is 9.59 Å². The highest BCUT2D eigenvalue weighted by molar-refractivity contribution is 5.91. The minimum atomic E-state index is -0.473. The quantitative estimate of drug-likeness (QED) is 0.111. The van der Waals surface area contributed by atoms with Crippen molar-refractivity contribution in [1.82, 2.24) is 9.80 Å². The van der Waals surface area contributed by atoms with Gasteiger partial charge in [-0.1, -0.05) is 64.2 Å². The molecule has 2 aliphatic heterocycles. The summed E-state index contributed by atoms with van der Waals surface area (Å²) in [5.74, 6) is -0.947. The van der Waals surface area contributed by atoms with E-state index in [0.29, 0.717) is 13.2 Å². The van der Waals surface area contributed by atoms with Gasteiger partial charge in [0.15, 0.2) is 0 Å². The lowest BCUT2D eigenvalue weighted by molar-refractivity contribution is -0.140. The van der Waals surface area contributed by atoms with Crippen LogP contribution in [0.15, 0.2) is 12.2 Å². The average Bonchev–Trinajstić information content (AvgIpc) is 2.95. The zero-order valence-electron chi connectivity index (χ0n) is 23.9. The Morgan fingerprint density at radius 3 is 1.18 bits per heavy atom. The molecule has 0 saturated carbocycles. The third kappa shape index (κ3) is 18.7. The normalized spacial score (nSPS) is 17.2. The third-order valence-electron chi connectivity index (χ3n) is 7.29. The summed E-state index contributed by atoms with van der Waals surface area (Å²) in [6.07, 6.45) is 18.7. The van der Waals surface area contributed by atoms with Crippen LogP contribution < -0.4 is 0 Å². The molecule has 8 heteroatoms. The highest BCUT2D eigenvalue weighted by Crippen LogP contribution is 2.10. The van der Waals surface area contributed by atoms with Crippen LogP contribution in [0.25, 0.3) is 0 Å². The number of unbranched alkanes of at least 4 members (excludes halogenated alkanes) is 12. The van der Waals surface area contributed by atoms with Crippen LogP contribution in [-0.2, 0) is 28.5 Å². The molecule has 0 unspecified atom stereocenters. The molecule has 0 aromatic heterocycles. The molecule has 0 aromatic rings. The van der Waals surface area contributed by atoms with E-state index in [1.807, 2.05) is 0 Å². The van der Waals surface area contributed by atoms with Crippen LogP contribution in [0.4, 0.5) is 0 Å². The molecule has 8 nitrogen and oxygen atoms in total. The van der Waals surface area contributed by atoms with Crippen LogP contribution in [0.2, 0.25) is 0 Å². The van der Waals surface area contributed by atoms with Crippen LogP contribution in [-0.4, -0.2) is 101 Å². The minimum Gasteiger partial charge on any atom is -0.463 e. The van der Waals surface area contributed by atoms with Crippen LogP contribution >= 0.6 is 0 Å². The van der Waals surface area contributed by atoms with Crippen molar-refractivity contribution in [2.24, 2.45) is 0 Å². The van der Waals surface area contributed by atoms with E-state index < -0.39 is 11.9 Å². The maximum atomic E-state index is 11.8. The summed E-state index contributed by atoms with van der Waals surface area (Å²) in [7, 11) is 0. The van der Waals surface area contributed by atoms with Crippen molar-refractivity contribution in [3.05, 3.63) is 12.2 Å². The Balaban J connectivity index is 1.28. The first-order chi connectivity index (χ1) is 18.7. The van der Waals surface area contributed by atoms with Gasteiger partial charge in [-0.2, -0.15) is 0 Å². The second-order valence-electron chi connectivity index (χ2n) is 10.5. The molecule has 0 atom stereocenters. The molecule has 2 heterocycles. The number of morpholine rings is 2. The fraction of sp³-hybridized carbons (Fsp3) is 0.867. The summed E-state index contributed by atoms with van der Waals surface area (Å²) in [5.41, 5.74) is 0. The lowest BCUT2D eigenvalue weighted by atomic mass is 10.1. The Labute approximate surface area is 231 Å². The van der Waals surface area contributed by atoms with Gasteiger partial charge in [0.1, 0.15) is 0 Å². The summed E-state index contributed by atoms with van der Waals surface area (Å²) in [4.78, 5) is 28.5. The topological polar surface area (TPSA) is 77.5 Å². The van der Waals surface area contributed by atoms with Crippen molar-refractivity contribution in [3.63, 3.8) is 0 Å². The van der Waals surface area contributed by atoms with Gasteiger partial charge in [-0.25, -0.2) is 9.59 Å². The molecule has 220 valence electrons. The van der Waals surface area contributed by atoms with Gasteiger partial charge < -0.3 is 18.9 Å². The van der Waals surface area contributed by atoms with Crippen molar-refractivity contribution >= 4 is 11.9 Å². The lowest BCUT2D eigenvalue weighted by Gasteiger charge is -2.26. The fourth-order valence-electron chi connectivity index (χ4n) is 4.87. The van der Waals surface area contributed by atoms with Crippen molar-refractivity contribution in [3.8, 4) is 0 Å². The summed E-state index contributed by atoms with van der Waals surface area (Å²) >= 11 is 0. The number of esters is 2. The SMILES string of the molecule is O=C(/C=C/C(=O)OCCCCCCCCCN1CCOCC1)OCCCCCCCCCN1CCOCC1. The van der Waals surface area contributed by atoms with Gasteiger partial charge in [-0.05, 0) is 38.8 Å². The van der Waals surface area contributed by atoms with Gasteiger partial charge in [0, 0.05) is 38.3 Å². The molecular weight excluding hydrogens is 484 g/mol. The van der Waals surface area contributed by atoms with E-state index in [-0.39, 0.29) is 0 Å². The molecule has 0 bridgehead atoms. The summed E-state index contributed by atoms with van der Waals surface area (Å²) in [6, 6.07) is 0. The van der Waals surface area contributed by atoms with E-state index >= 15 is 0 Å². The van der Waals surface area contributed by atoms with E-state index in [2.05, 4.69) is 9.80 Å². The maximum absolute atomic E-state index is 11.8. The number of ether oxygens (including phenoxy) is 4. The van der Waals surface area contributed by atoms with Crippen LogP contribution in [0.3, 0.4) is 0 Å². The predicted octanol–water partition coefficient (Wildman–Crippen LogP) is 4.75. The third-order valence-corrected chi connectivity index (χ3v) is 7.29. The first-order valence-electron chi connectivity index (χ1n) is 15.4. The van der Waals surface area contributed by atoms with Crippen LogP contribution in [0, 0.1) is 0 Å². The second-order valence-corrected chi connectivity index (χ2v) is 10.5. The van der Waals surface area contributed by atoms with E-state index in [4.69, 9.17) is 18.9 Å². The van der Waals surface area contributed by atoms with E-state index in [1.54, 1.807) is 0 Å². The zero-order chi connectivity index (χ0) is 26.9. The predicted molar refractivity (Wildman–Crippen MR) is 150 cm³/mol. The molecule has 2 fully saturated rings. The first-order valence-corrected chi connectivity index (χ1v) is 15.4. The van der Waals surface area contributed by atoms with Crippen molar-refractivity contribution in [2.45, 2.75) is 89.9 Å². The number of hydrogen-bond acceptors (Lipinski definition) is 8. The molecule has 0 radical (unpaired) electrons. The number of carbonyl (C=O) groups excluding carboxylic acids is 2. The number of carbonyl (C=O) groups is 2. The Morgan fingerprint density at radius 2 is 0.816 bits per heavy atom. The highest BCUT2D eigenvalue weighted by atomic mass is 16.5. The zero-order valence-corrected chi connectivity index (χ0v) is 23.9. The number of rotatable bonds is 22. The standard InChI is InChI=1S/C30H54N2O6/c33-29(37-23-13-9-5-1-3-7-11-17-31-19-25-35-26-20-31)15-16-30(34)38-24-14-10-6-2-4-8-12-18-32-21-27-36-28-22-32/h15-16H,1-14,17-28H2/b16-15+. The molecule has 0 spiro atoms. The van der Waals surface area contributed by atoms with E-state index in [1.165, 1.54) is 89.4 Å². The summed E-state index contributed by atoms with van der Waals surface area (Å²) in [6.45, 7) is 11.0. The monoisotopic (exact) mass is 538 g/mol. The van der Waals surface area contributed by atoms with Crippen molar-refractivity contribution in [1.29, 1.82) is 0 Å². The van der Waals surface area contributed by atoms with Gasteiger partial charge >= 0.3 is 11.9 Å². The molecule has 0 N–H and O–H groups in total. The largest absolute Gasteiger partial charge is 0.463 e. The lowest BCUT2D eigenvalue weighted by Crippen LogP contribution is -2.36. The van der Waals surface area contributed by atoms with Crippen LogP contribution in [0.1, 0.15) is 89.9 Å². The van der Waals surface area contributed by atoms with Gasteiger partial charge in [0.25, 0.3) is 0 Å². The molecule has 38 heavy (non-hydrogen) atoms. The molecular formula is C30H54N2O6. The molecule has 2 saturated heterocycles. The van der Waals surface area contributed by atoms with E-state index in [0.717, 1.165) is 78.3 Å². The van der Waals surface area contributed by atoms with Gasteiger partial charge in [-0.3, -0.25) is 9.80 Å². The average molecular weight is 539 g/mol. The number of nitrogens with zero attached hydrogens (tertiary/aromatic N) is 2.